The molecule has 1 unspecified atom stereocenters. The van der Waals surface area contributed by atoms with Crippen molar-refractivity contribution in [2.24, 2.45) is 10.9 Å². The van der Waals surface area contributed by atoms with Gasteiger partial charge in [0.15, 0.2) is 5.84 Å². The van der Waals surface area contributed by atoms with E-state index in [1.165, 1.54) is 25.7 Å². The normalized spacial score (nSPS) is 20.1. The minimum Gasteiger partial charge on any atom is -0.409 e. The zero-order valence-electron chi connectivity index (χ0n) is 9.11. The molecule has 1 rings (SSSR count). The van der Waals surface area contributed by atoms with Crippen molar-refractivity contribution in [3.8, 4) is 0 Å². The van der Waals surface area contributed by atoms with E-state index in [0.29, 0.717) is 11.9 Å². The van der Waals surface area contributed by atoms with E-state index in [-0.39, 0.29) is 6.04 Å². The molecule has 4 nitrogen and oxygen atoms in total. The summed E-state index contributed by atoms with van der Waals surface area (Å²) >= 11 is 0. The number of oxime groups is 1. The van der Waals surface area contributed by atoms with Crippen LogP contribution in [0.3, 0.4) is 0 Å². The molecular weight excluding hydrogens is 178 g/mol. The zero-order chi connectivity index (χ0) is 10.6. The summed E-state index contributed by atoms with van der Waals surface area (Å²) in [6, 6.07) is 0.732. The second kappa shape index (κ2) is 5.20. The molecule has 0 bridgehead atoms. The number of hydrogen-bond donors (Lipinski definition) is 2. The highest BCUT2D eigenvalue weighted by Crippen LogP contribution is 2.28. The van der Waals surface area contributed by atoms with E-state index in [2.05, 4.69) is 17.0 Å². The Balaban J connectivity index is 2.48. The maximum absolute atomic E-state index is 8.62. The van der Waals surface area contributed by atoms with Gasteiger partial charge in [-0.05, 0) is 32.7 Å². The van der Waals surface area contributed by atoms with Crippen LogP contribution in [0.2, 0.25) is 0 Å². The van der Waals surface area contributed by atoms with E-state index in [9.17, 15) is 0 Å². The topological polar surface area (TPSA) is 61.8 Å². The van der Waals surface area contributed by atoms with Crippen LogP contribution in [0.15, 0.2) is 5.16 Å². The lowest BCUT2D eigenvalue weighted by atomic mass is 10.2. The summed E-state index contributed by atoms with van der Waals surface area (Å²) in [7, 11) is 0. The number of nitrogens with two attached hydrogens (primary N) is 1. The smallest absolute Gasteiger partial charge is 0.156 e. The van der Waals surface area contributed by atoms with Crippen molar-refractivity contribution >= 4 is 5.84 Å². The first-order chi connectivity index (χ1) is 6.70. The molecule has 0 amide bonds. The van der Waals surface area contributed by atoms with Gasteiger partial charge >= 0.3 is 0 Å². The van der Waals surface area contributed by atoms with Gasteiger partial charge in [-0.25, -0.2) is 0 Å². The Hall–Kier alpha value is -0.770. The van der Waals surface area contributed by atoms with Gasteiger partial charge in [-0.2, -0.15) is 0 Å². The molecule has 1 aliphatic rings. The van der Waals surface area contributed by atoms with Gasteiger partial charge in [0.2, 0.25) is 0 Å². The molecule has 1 atom stereocenters. The van der Waals surface area contributed by atoms with E-state index in [1.54, 1.807) is 0 Å². The monoisotopic (exact) mass is 199 g/mol. The molecule has 0 spiro atoms. The summed E-state index contributed by atoms with van der Waals surface area (Å²) in [4.78, 5) is 2.35. The van der Waals surface area contributed by atoms with Gasteiger partial charge in [0.1, 0.15) is 0 Å². The largest absolute Gasteiger partial charge is 0.409 e. The van der Waals surface area contributed by atoms with Gasteiger partial charge in [-0.3, -0.25) is 4.90 Å². The zero-order valence-corrected chi connectivity index (χ0v) is 9.11. The van der Waals surface area contributed by atoms with Crippen molar-refractivity contribution < 1.29 is 5.21 Å². The number of hydrogen-bond acceptors (Lipinski definition) is 3. The first-order valence-corrected chi connectivity index (χ1v) is 5.43. The average molecular weight is 199 g/mol. The van der Waals surface area contributed by atoms with Crippen LogP contribution in [0.5, 0.6) is 0 Å². The predicted molar refractivity (Wildman–Crippen MR) is 57.5 cm³/mol. The molecule has 14 heavy (non-hydrogen) atoms. The van der Waals surface area contributed by atoms with Crippen molar-refractivity contribution in [1.29, 1.82) is 0 Å². The van der Waals surface area contributed by atoms with Crippen LogP contribution in [-0.2, 0) is 0 Å². The second-order valence-electron chi connectivity index (χ2n) is 4.02. The molecule has 0 saturated heterocycles. The molecule has 0 aromatic rings. The second-order valence-corrected chi connectivity index (χ2v) is 4.02. The Bertz CT molecular complexity index is 202. The molecule has 1 aliphatic carbocycles. The van der Waals surface area contributed by atoms with Crippen molar-refractivity contribution in [3.63, 3.8) is 0 Å². The van der Waals surface area contributed by atoms with Gasteiger partial charge < -0.3 is 10.9 Å². The first-order valence-electron chi connectivity index (χ1n) is 5.43. The van der Waals surface area contributed by atoms with E-state index in [1.807, 2.05) is 6.92 Å². The van der Waals surface area contributed by atoms with Crippen LogP contribution < -0.4 is 5.73 Å². The SMILES string of the molecule is CCCCN(C1CC1)C(C)C(N)=NO. The Morgan fingerprint density at radius 2 is 2.29 bits per heavy atom. The highest BCUT2D eigenvalue weighted by atomic mass is 16.4. The van der Waals surface area contributed by atoms with Crippen molar-refractivity contribution in [3.05, 3.63) is 0 Å². The lowest BCUT2D eigenvalue weighted by Gasteiger charge is -2.27. The van der Waals surface area contributed by atoms with Crippen molar-refractivity contribution in [2.45, 2.75) is 51.6 Å². The van der Waals surface area contributed by atoms with Crippen LogP contribution in [0.1, 0.15) is 39.5 Å². The molecule has 3 N–H and O–H groups in total. The fourth-order valence-corrected chi connectivity index (χ4v) is 1.69. The molecule has 1 saturated carbocycles. The molecular formula is C10H21N3O. The summed E-state index contributed by atoms with van der Waals surface area (Å²) in [5.41, 5.74) is 5.61. The molecule has 0 radical (unpaired) electrons. The van der Waals surface area contributed by atoms with Crippen LogP contribution in [0, 0.1) is 0 Å². The molecule has 1 fully saturated rings. The standard InChI is InChI=1S/C10H21N3O/c1-3-4-7-13(9-5-6-9)8(2)10(11)12-14/h8-9,14H,3-7H2,1-2H3,(H2,11,12). The summed E-state index contributed by atoms with van der Waals surface area (Å²) in [5, 5.41) is 11.7. The lowest BCUT2D eigenvalue weighted by molar-refractivity contribution is 0.230. The van der Waals surface area contributed by atoms with E-state index >= 15 is 0 Å². The number of rotatable bonds is 6. The summed E-state index contributed by atoms with van der Waals surface area (Å²) < 4.78 is 0. The first kappa shape index (κ1) is 11.3. The highest BCUT2D eigenvalue weighted by Gasteiger charge is 2.33. The van der Waals surface area contributed by atoms with Crippen molar-refractivity contribution in [2.75, 3.05) is 6.54 Å². The average Bonchev–Trinajstić information content (AvgIpc) is 3.01. The Morgan fingerprint density at radius 1 is 1.64 bits per heavy atom. The molecule has 0 aliphatic heterocycles. The predicted octanol–water partition coefficient (Wildman–Crippen LogP) is 1.39. The number of amidine groups is 1. The molecule has 0 aromatic heterocycles. The minimum absolute atomic E-state index is 0.0686. The maximum Gasteiger partial charge on any atom is 0.156 e. The van der Waals surface area contributed by atoms with Crippen molar-refractivity contribution in [1.82, 2.24) is 4.90 Å². The fourth-order valence-electron chi connectivity index (χ4n) is 1.69. The van der Waals surface area contributed by atoms with Gasteiger partial charge in [0.25, 0.3) is 0 Å². The third-order valence-corrected chi connectivity index (χ3v) is 2.83. The maximum atomic E-state index is 8.62. The molecule has 4 heteroatoms. The third kappa shape index (κ3) is 2.87. The van der Waals surface area contributed by atoms with Gasteiger partial charge in [0, 0.05) is 6.04 Å². The van der Waals surface area contributed by atoms with Gasteiger partial charge in [0.05, 0.1) is 6.04 Å². The van der Waals surface area contributed by atoms with E-state index < -0.39 is 0 Å². The fraction of sp³-hybridized carbons (Fsp3) is 0.900. The summed E-state index contributed by atoms with van der Waals surface area (Å²) in [5.74, 6) is 0.327. The Kier molecular flexibility index (Phi) is 4.20. The van der Waals surface area contributed by atoms with Crippen LogP contribution >= 0.6 is 0 Å². The molecule has 0 aromatic carbocycles. The third-order valence-electron chi connectivity index (χ3n) is 2.83. The Morgan fingerprint density at radius 3 is 2.71 bits per heavy atom. The summed E-state index contributed by atoms with van der Waals surface area (Å²) in [6.45, 7) is 5.24. The van der Waals surface area contributed by atoms with E-state index in [0.717, 1.165) is 6.54 Å². The highest BCUT2D eigenvalue weighted by molar-refractivity contribution is 5.84. The number of nitrogens with zero attached hydrogens (tertiary/aromatic N) is 2. The Labute approximate surface area is 85.8 Å². The number of unbranched alkanes of at least 4 members (excludes halogenated alkanes) is 1. The molecule has 0 heterocycles. The van der Waals surface area contributed by atoms with Crippen LogP contribution in [0.4, 0.5) is 0 Å². The quantitative estimate of drug-likeness (QED) is 0.294. The van der Waals surface area contributed by atoms with Gasteiger partial charge in [-0.15, -0.1) is 0 Å². The minimum atomic E-state index is 0.0686. The molecule has 82 valence electrons. The van der Waals surface area contributed by atoms with E-state index in [4.69, 9.17) is 10.9 Å². The van der Waals surface area contributed by atoms with Gasteiger partial charge in [-0.1, -0.05) is 18.5 Å². The lowest BCUT2D eigenvalue weighted by Crippen LogP contribution is -2.44. The van der Waals surface area contributed by atoms with Crippen LogP contribution in [-0.4, -0.2) is 34.6 Å². The summed E-state index contributed by atoms with van der Waals surface area (Å²) in [6.07, 6.45) is 4.88. The van der Waals surface area contributed by atoms with Crippen LogP contribution in [0.25, 0.3) is 0 Å².